The molecule has 1 aliphatic rings. The summed E-state index contributed by atoms with van der Waals surface area (Å²) in [6.07, 6.45) is 3.91. The highest BCUT2D eigenvalue weighted by Crippen LogP contribution is 2.39. The van der Waals surface area contributed by atoms with Crippen LogP contribution in [0.25, 0.3) is 0 Å². The molecule has 2 aromatic rings. The zero-order valence-corrected chi connectivity index (χ0v) is 11.1. The largest absolute Gasteiger partial charge is 0.407 e. The first kappa shape index (κ1) is 12.2. The molecule has 0 saturated heterocycles. The van der Waals surface area contributed by atoms with E-state index in [2.05, 4.69) is 24.9 Å². The fraction of sp³-hybridized carbons (Fsp3) is 0.500. The maximum absolute atomic E-state index is 12.0. The highest BCUT2D eigenvalue weighted by molar-refractivity contribution is 7.92. The van der Waals surface area contributed by atoms with Crippen molar-refractivity contribution < 1.29 is 12.8 Å². The molecule has 0 unspecified atom stereocenters. The number of hydrogen-bond acceptors (Lipinski definition) is 6. The van der Waals surface area contributed by atoms with Crippen LogP contribution in [0.4, 0.5) is 6.01 Å². The van der Waals surface area contributed by atoms with Crippen LogP contribution in [-0.2, 0) is 16.4 Å². The van der Waals surface area contributed by atoms with Crippen molar-refractivity contribution in [1.82, 2.24) is 20.2 Å². The molecule has 1 fully saturated rings. The third-order valence-corrected chi connectivity index (χ3v) is 4.05. The number of aromatic amines is 1. The average molecular weight is 283 g/mol. The molecule has 2 N–H and O–H groups in total. The minimum Gasteiger partial charge on any atom is -0.407 e. The van der Waals surface area contributed by atoms with Gasteiger partial charge in [-0.1, -0.05) is 12.0 Å². The van der Waals surface area contributed by atoms with Crippen LogP contribution >= 0.6 is 0 Å². The summed E-state index contributed by atoms with van der Waals surface area (Å²) in [6, 6.07) is -0.116. The van der Waals surface area contributed by atoms with E-state index in [-0.39, 0.29) is 17.0 Å². The number of hydrogen-bond donors (Lipinski definition) is 2. The molecule has 0 aromatic carbocycles. The van der Waals surface area contributed by atoms with Crippen molar-refractivity contribution in [2.45, 2.75) is 37.1 Å². The van der Waals surface area contributed by atoms with Crippen molar-refractivity contribution in [1.29, 1.82) is 0 Å². The molecule has 2 aromatic heterocycles. The van der Waals surface area contributed by atoms with Gasteiger partial charge in [-0.15, -0.1) is 5.10 Å². The number of aromatic nitrogens is 4. The Labute approximate surface area is 109 Å². The Morgan fingerprint density at radius 3 is 2.89 bits per heavy atom. The van der Waals surface area contributed by atoms with Crippen LogP contribution in [0.15, 0.2) is 15.6 Å². The number of H-pyrrole nitrogens is 1. The summed E-state index contributed by atoms with van der Waals surface area (Å²) < 4.78 is 31.5. The van der Waals surface area contributed by atoms with Gasteiger partial charge in [0.1, 0.15) is 5.82 Å². The normalized spacial score (nSPS) is 15.6. The third-order valence-electron chi connectivity index (χ3n) is 2.82. The van der Waals surface area contributed by atoms with Crippen molar-refractivity contribution in [2.75, 3.05) is 4.72 Å². The minimum atomic E-state index is -3.76. The summed E-state index contributed by atoms with van der Waals surface area (Å²) >= 11 is 0. The molecule has 8 nitrogen and oxygen atoms in total. The average Bonchev–Trinajstić information content (AvgIpc) is 2.92. The molecule has 0 radical (unpaired) electrons. The van der Waals surface area contributed by atoms with Gasteiger partial charge < -0.3 is 9.40 Å². The van der Waals surface area contributed by atoms with Crippen molar-refractivity contribution >= 4 is 16.0 Å². The summed E-state index contributed by atoms with van der Waals surface area (Å²) in [5.74, 6) is 1.37. The summed E-state index contributed by atoms with van der Waals surface area (Å²) in [5.41, 5.74) is 0. The van der Waals surface area contributed by atoms with Gasteiger partial charge in [-0.2, -0.15) is 8.42 Å². The summed E-state index contributed by atoms with van der Waals surface area (Å²) in [7, 11) is -3.76. The predicted molar refractivity (Wildman–Crippen MR) is 65.0 cm³/mol. The van der Waals surface area contributed by atoms with Crippen molar-refractivity contribution in [3.63, 3.8) is 0 Å². The molecular formula is C10H13N5O3S. The van der Waals surface area contributed by atoms with E-state index in [1.807, 2.05) is 6.92 Å². The molecule has 1 aliphatic carbocycles. The minimum absolute atomic E-state index is 0.0180. The summed E-state index contributed by atoms with van der Waals surface area (Å²) in [5, 5.41) is 7.46. The number of nitrogens with zero attached hydrogens (tertiary/aromatic N) is 3. The van der Waals surface area contributed by atoms with Crippen LogP contribution in [-0.4, -0.2) is 28.6 Å². The second-order valence-electron chi connectivity index (χ2n) is 4.37. The lowest BCUT2D eigenvalue weighted by Gasteiger charge is -2.00. The first-order valence-corrected chi connectivity index (χ1v) is 7.47. The molecular weight excluding hydrogens is 270 g/mol. The summed E-state index contributed by atoms with van der Waals surface area (Å²) in [4.78, 5) is 6.66. The molecule has 19 heavy (non-hydrogen) atoms. The number of anilines is 1. The highest BCUT2D eigenvalue weighted by atomic mass is 32.2. The zero-order chi connectivity index (χ0) is 13.5. The van der Waals surface area contributed by atoms with Gasteiger partial charge in [0.15, 0.2) is 5.03 Å². The van der Waals surface area contributed by atoms with Crippen LogP contribution in [0.5, 0.6) is 0 Å². The lowest BCUT2D eigenvalue weighted by atomic mass is 10.4. The second kappa shape index (κ2) is 4.34. The van der Waals surface area contributed by atoms with Crippen LogP contribution in [0.2, 0.25) is 0 Å². The SMILES string of the molecule is CCc1ncc(S(=O)(=O)Nc2nnc(C3CC3)o2)[nH]1. The van der Waals surface area contributed by atoms with E-state index < -0.39 is 10.0 Å². The molecule has 0 atom stereocenters. The third kappa shape index (κ3) is 2.46. The Balaban J connectivity index is 1.79. The Morgan fingerprint density at radius 1 is 1.47 bits per heavy atom. The lowest BCUT2D eigenvalue weighted by Crippen LogP contribution is -2.13. The fourth-order valence-electron chi connectivity index (χ4n) is 1.60. The molecule has 102 valence electrons. The van der Waals surface area contributed by atoms with Crippen LogP contribution in [0.3, 0.4) is 0 Å². The Kier molecular flexibility index (Phi) is 2.77. The molecule has 3 rings (SSSR count). The molecule has 0 spiro atoms. The zero-order valence-electron chi connectivity index (χ0n) is 10.3. The van der Waals surface area contributed by atoms with Gasteiger partial charge in [-0.25, -0.2) is 9.71 Å². The smallest absolute Gasteiger partial charge is 0.329 e. The molecule has 1 saturated carbocycles. The first-order chi connectivity index (χ1) is 9.08. The number of imidazole rings is 1. The van der Waals surface area contributed by atoms with Gasteiger partial charge in [-0.3, -0.25) is 0 Å². The van der Waals surface area contributed by atoms with Gasteiger partial charge in [0, 0.05) is 12.3 Å². The van der Waals surface area contributed by atoms with Crippen LogP contribution in [0.1, 0.15) is 37.4 Å². The van der Waals surface area contributed by atoms with Crippen LogP contribution < -0.4 is 4.72 Å². The van der Waals surface area contributed by atoms with E-state index >= 15 is 0 Å². The van der Waals surface area contributed by atoms with E-state index in [9.17, 15) is 8.42 Å². The van der Waals surface area contributed by atoms with Gasteiger partial charge in [0.25, 0.3) is 10.0 Å². The molecule has 0 bridgehead atoms. The highest BCUT2D eigenvalue weighted by Gasteiger charge is 2.30. The van der Waals surface area contributed by atoms with Gasteiger partial charge in [0.2, 0.25) is 5.89 Å². The monoisotopic (exact) mass is 283 g/mol. The maximum atomic E-state index is 12.0. The summed E-state index contributed by atoms with van der Waals surface area (Å²) in [6.45, 7) is 1.88. The number of sulfonamides is 1. The number of rotatable bonds is 5. The topological polar surface area (TPSA) is 114 Å². The fourth-order valence-corrected chi connectivity index (χ4v) is 2.47. The Bertz CT molecular complexity index is 686. The molecule has 0 amide bonds. The van der Waals surface area contributed by atoms with Gasteiger partial charge >= 0.3 is 6.01 Å². The van der Waals surface area contributed by atoms with E-state index in [0.717, 1.165) is 12.8 Å². The van der Waals surface area contributed by atoms with Crippen molar-refractivity contribution in [3.05, 3.63) is 17.9 Å². The lowest BCUT2D eigenvalue weighted by molar-refractivity contribution is 0.510. The molecule has 2 heterocycles. The number of nitrogens with one attached hydrogen (secondary N) is 2. The van der Waals surface area contributed by atoms with Gasteiger partial charge in [0.05, 0.1) is 6.20 Å². The van der Waals surface area contributed by atoms with Crippen molar-refractivity contribution in [2.24, 2.45) is 0 Å². The standard InChI is InChI=1S/C10H13N5O3S/c1-2-7-11-5-8(12-7)19(16,17)15-10-14-13-9(18-10)6-3-4-6/h5-6H,2-4H2,1H3,(H,11,12)(H,14,15). The maximum Gasteiger partial charge on any atom is 0.329 e. The van der Waals surface area contributed by atoms with Crippen LogP contribution in [0, 0.1) is 0 Å². The molecule has 0 aliphatic heterocycles. The number of aryl methyl sites for hydroxylation is 1. The van der Waals surface area contributed by atoms with E-state index in [4.69, 9.17) is 4.42 Å². The Morgan fingerprint density at radius 2 is 2.26 bits per heavy atom. The molecule has 9 heteroatoms. The quantitative estimate of drug-likeness (QED) is 0.847. The van der Waals surface area contributed by atoms with E-state index in [0.29, 0.717) is 18.1 Å². The van der Waals surface area contributed by atoms with E-state index in [1.54, 1.807) is 0 Å². The van der Waals surface area contributed by atoms with Crippen molar-refractivity contribution in [3.8, 4) is 0 Å². The van der Waals surface area contributed by atoms with Gasteiger partial charge in [-0.05, 0) is 12.8 Å². The Hall–Kier alpha value is -1.90. The predicted octanol–water partition coefficient (Wildman–Crippen LogP) is 1.03. The first-order valence-electron chi connectivity index (χ1n) is 5.98. The second-order valence-corrected chi connectivity index (χ2v) is 6.02. The van der Waals surface area contributed by atoms with E-state index in [1.165, 1.54) is 6.20 Å².